The molecule has 1 heteroatoms. The Hall–Kier alpha value is -0.480. The molecule has 0 aromatic carbocycles. The Bertz CT molecular complexity index is 68.7. The fourth-order valence-corrected chi connectivity index (χ4v) is 0.263. The molecule has 0 aromatic heterocycles. The summed E-state index contributed by atoms with van der Waals surface area (Å²) < 4.78 is 0. The molecule has 0 bridgehead atoms. The van der Waals surface area contributed by atoms with Gasteiger partial charge in [-0.05, 0) is 13.8 Å². The molecule has 0 aromatic rings. The molecule has 0 radical (unpaired) electrons. The first-order valence-electron chi connectivity index (χ1n) is 2.44. The summed E-state index contributed by atoms with van der Waals surface area (Å²) in [7, 11) is 0. The van der Waals surface area contributed by atoms with Gasteiger partial charge in [-0.3, -0.25) is 0 Å². The Morgan fingerprint density at radius 3 is 2.43 bits per heavy atom. The Morgan fingerprint density at radius 1 is 1.71 bits per heavy atom. The lowest BCUT2D eigenvalue weighted by Gasteiger charge is -2.00. The van der Waals surface area contributed by atoms with Crippen molar-refractivity contribution in [3.8, 4) is 12.3 Å². The molecule has 0 amide bonds. The lowest BCUT2D eigenvalue weighted by molar-refractivity contribution is 0.639. The smallest absolute Gasteiger partial charge is 0.0575 e. The summed E-state index contributed by atoms with van der Waals surface area (Å²) in [5.74, 6) is 2.49. The minimum Gasteiger partial charge on any atom is -0.304 e. The van der Waals surface area contributed by atoms with Gasteiger partial charge < -0.3 is 5.32 Å². The fraction of sp³-hybridized carbons (Fsp3) is 0.667. The highest BCUT2D eigenvalue weighted by Crippen LogP contribution is 1.70. The fourth-order valence-electron chi connectivity index (χ4n) is 0.263. The number of hydrogen-bond acceptors (Lipinski definition) is 1. The van der Waals surface area contributed by atoms with E-state index in [4.69, 9.17) is 6.42 Å². The van der Waals surface area contributed by atoms with Crippen molar-refractivity contribution in [3.63, 3.8) is 0 Å². The second kappa shape index (κ2) is 3.70. The van der Waals surface area contributed by atoms with Crippen LogP contribution in [0, 0.1) is 12.3 Å². The molecule has 7 heavy (non-hydrogen) atoms. The Balaban J connectivity index is 2.86. The van der Waals surface area contributed by atoms with E-state index in [-0.39, 0.29) is 0 Å². The minimum absolute atomic E-state index is 0.510. The zero-order chi connectivity index (χ0) is 5.70. The molecule has 0 heterocycles. The molecule has 0 aliphatic carbocycles. The topological polar surface area (TPSA) is 12.0 Å². The van der Waals surface area contributed by atoms with Crippen molar-refractivity contribution >= 4 is 0 Å². The van der Waals surface area contributed by atoms with E-state index in [0.717, 1.165) is 0 Å². The van der Waals surface area contributed by atoms with Crippen LogP contribution in [0.15, 0.2) is 0 Å². The monoisotopic (exact) mass is 97.1 g/mol. The van der Waals surface area contributed by atoms with Gasteiger partial charge in [-0.25, -0.2) is 0 Å². The van der Waals surface area contributed by atoms with Gasteiger partial charge in [-0.1, -0.05) is 5.92 Å². The predicted molar refractivity (Wildman–Crippen MR) is 32.0 cm³/mol. The molecule has 0 unspecified atom stereocenters. The number of hydrogen-bond donors (Lipinski definition) is 1. The largest absolute Gasteiger partial charge is 0.304 e. The third-order valence-corrected chi connectivity index (χ3v) is 0.612. The third kappa shape index (κ3) is 5.52. The van der Waals surface area contributed by atoms with Crippen molar-refractivity contribution < 1.29 is 0 Å². The van der Waals surface area contributed by atoms with Crippen LogP contribution in [0.4, 0.5) is 0 Å². The summed E-state index contributed by atoms with van der Waals surface area (Å²) in [6, 6.07) is 0.510. The normalized spacial score (nSPS) is 8.86. The van der Waals surface area contributed by atoms with Crippen LogP contribution in [0.1, 0.15) is 13.8 Å². The predicted octanol–water partition coefficient (Wildman–Crippen LogP) is 0.618. The van der Waals surface area contributed by atoms with Crippen LogP contribution in [0.25, 0.3) is 0 Å². The van der Waals surface area contributed by atoms with E-state index in [0.29, 0.717) is 12.6 Å². The van der Waals surface area contributed by atoms with Gasteiger partial charge in [0, 0.05) is 6.04 Å². The van der Waals surface area contributed by atoms with Crippen LogP contribution >= 0.6 is 0 Å². The van der Waals surface area contributed by atoms with Crippen LogP contribution in [-0.4, -0.2) is 12.6 Å². The highest BCUT2D eigenvalue weighted by Gasteiger charge is 1.83. The number of nitrogens with one attached hydrogen (secondary N) is 1. The van der Waals surface area contributed by atoms with E-state index in [1.165, 1.54) is 0 Å². The molecule has 0 aliphatic rings. The van der Waals surface area contributed by atoms with Crippen LogP contribution in [0.5, 0.6) is 0 Å². The minimum atomic E-state index is 0.510. The molecular weight excluding hydrogens is 86.1 g/mol. The zero-order valence-corrected chi connectivity index (χ0v) is 4.86. The molecule has 1 nitrogen and oxygen atoms in total. The SMILES string of the molecule is C#CCNC(C)C. The summed E-state index contributed by atoms with van der Waals surface area (Å²) in [5.41, 5.74) is 0. The molecule has 1 N–H and O–H groups in total. The van der Waals surface area contributed by atoms with Crippen LogP contribution in [0.3, 0.4) is 0 Å². The van der Waals surface area contributed by atoms with E-state index in [2.05, 4.69) is 25.1 Å². The van der Waals surface area contributed by atoms with Gasteiger partial charge in [-0.2, -0.15) is 0 Å². The van der Waals surface area contributed by atoms with Gasteiger partial charge in [-0.15, -0.1) is 6.42 Å². The summed E-state index contributed by atoms with van der Waals surface area (Å²) in [6.45, 7) is 4.81. The first-order chi connectivity index (χ1) is 3.27. The molecular formula is C6H11N. The van der Waals surface area contributed by atoms with Gasteiger partial charge in [0.15, 0.2) is 0 Å². The van der Waals surface area contributed by atoms with Crippen LogP contribution in [0.2, 0.25) is 0 Å². The number of rotatable bonds is 2. The molecule has 0 aliphatic heterocycles. The first-order valence-corrected chi connectivity index (χ1v) is 2.44. The number of terminal acetylenes is 1. The van der Waals surface area contributed by atoms with Gasteiger partial charge in [0.1, 0.15) is 0 Å². The highest BCUT2D eigenvalue weighted by molar-refractivity contribution is 4.86. The van der Waals surface area contributed by atoms with Crippen molar-refractivity contribution in [2.24, 2.45) is 0 Å². The van der Waals surface area contributed by atoms with E-state index in [9.17, 15) is 0 Å². The van der Waals surface area contributed by atoms with Crippen molar-refractivity contribution in [1.29, 1.82) is 0 Å². The van der Waals surface area contributed by atoms with Crippen molar-refractivity contribution in [1.82, 2.24) is 5.32 Å². The summed E-state index contributed by atoms with van der Waals surface area (Å²) >= 11 is 0. The summed E-state index contributed by atoms with van der Waals surface area (Å²) in [5, 5.41) is 3.06. The van der Waals surface area contributed by atoms with E-state index >= 15 is 0 Å². The summed E-state index contributed by atoms with van der Waals surface area (Å²) in [6.07, 6.45) is 4.96. The lowest BCUT2D eigenvalue weighted by Crippen LogP contribution is -2.22. The Labute approximate surface area is 45.1 Å². The molecule has 40 valence electrons. The van der Waals surface area contributed by atoms with E-state index in [1.807, 2.05) is 0 Å². The zero-order valence-electron chi connectivity index (χ0n) is 4.86. The molecule has 0 spiro atoms. The van der Waals surface area contributed by atoms with Crippen molar-refractivity contribution in [2.75, 3.05) is 6.54 Å². The van der Waals surface area contributed by atoms with Crippen molar-refractivity contribution in [2.45, 2.75) is 19.9 Å². The molecule has 0 atom stereocenters. The molecule has 0 fully saturated rings. The maximum atomic E-state index is 4.96. The summed E-state index contributed by atoms with van der Waals surface area (Å²) in [4.78, 5) is 0. The van der Waals surface area contributed by atoms with E-state index < -0.39 is 0 Å². The Kier molecular flexibility index (Phi) is 3.45. The highest BCUT2D eigenvalue weighted by atomic mass is 14.9. The third-order valence-electron chi connectivity index (χ3n) is 0.612. The second-order valence-corrected chi connectivity index (χ2v) is 1.74. The standard InChI is InChI=1S/C6H11N/c1-4-5-7-6(2)3/h1,6-7H,5H2,2-3H3. The van der Waals surface area contributed by atoms with Crippen LogP contribution in [-0.2, 0) is 0 Å². The molecule has 0 saturated heterocycles. The molecule has 0 rings (SSSR count). The van der Waals surface area contributed by atoms with Gasteiger partial charge in [0.05, 0.1) is 6.54 Å². The van der Waals surface area contributed by atoms with Crippen LogP contribution < -0.4 is 5.32 Å². The second-order valence-electron chi connectivity index (χ2n) is 1.74. The van der Waals surface area contributed by atoms with Gasteiger partial charge >= 0.3 is 0 Å². The lowest BCUT2D eigenvalue weighted by atomic mass is 10.4. The average molecular weight is 97.2 g/mol. The van der Waals surface area contributed by atoms with E-state index in [1.54, 1.807) is 0 Å². The Morgan fingerprint density at radius 2 is 2.29 bits per heavy atom. The van der Waals surface area contributed by atoms with Gasteiger partial charge in [0.25, 0.3) is 0 Å². The van der Waals surface area contributed by atoms with Gasteiger partial charge in [0.2, 0.25) is 0 Å². The quantitative estimate of drug-likeness (QED) is 0.498. The first kappa shape index (κ1) is 6.52. The average Bonchev–Trinajstić information content (AvgIpc) is 1.61. The maximum absolute atomic E-state index is 4.96. The molecule has 0 saturated carbocycles. The maximum Gasteiger partial charge on any atom is 0.0575 e. The van der Waals surface area contributed by atoms with Crippen molar-refractivity contribution in [3.05, 3.63) is 0 Å².